The van der Waals surface area contributed by atoms with Crippen molar-refractivity contribution in [1.82, 2.24) is 4.90 Å². The third-order valence-electron chi connectivity index (χ3n) is 4.63. The number of halogens is 3. The van der Waals surface area contributed by atoms with Crippen LogP contribution in [0.4, 0.5) is 18.0 Å². The highest BCUT2D eigenvalue weighted by atomic mass is 19.4. The van der Waals surface area contributed by atoms with E-state index < -0.39 is 34.9 Å². The summed E-state index contributed by atoms with van der Waals surface area (Å²) in [6.07, 6.45) is -4.35. The molecule has 2 rings (SSSR count). The minimum absolute atomic E-state index is 0.144. The number of hydrogen-bond acceptors (Lipinski definition) is 4. The fourth-order valence-corrected chi connectivity index (χ4v) is 3.53. The first-order chi connectivity index (χ1) is 12.9. The molecule has 1 aliphatic heterocycles. The van der Waals surface area contributed by atoms with Crippen molar-refractivity contribution in [1.29, 1.82) is 5.26 Å². The molecule has 0 aromatic heterocycles. The van der Waals surface area contributed by atoms with Crippen LogP contribution in [0.15, 0.2) is 24.3 Å². The quantitative estimate of drug-likeness (QED) is 0.754. The van der Waals surface area contributed by atoms with Crippen molar-refractivity contribution in [3.05, 3.63) is 35.4 Å². The lowest BCUT2D eigenvalue weighted by Gasteiger charge is -2.38. The van der Waals surface area contributed by atoms with Crippen LogP contribution in [0.5, 0.6) is 0 Å². The molecule has 8 heteroatoms. The monoisotopic (exact) mass is 398 g/mol. The zero-order chi connectivity index (χ0) is 21.2. The average Bonchev–Trinajstić information content (AvgIpc) is 2.92. The summed E-state index contributed by atoms with van der Waals surface area (Å²) in [5.41, 5.74) is -1.69. The molecule has 1 aromatic carbocycles. The maximum atomic E-state index is 12.8. The fourth-order valence-electron chi connectivity index (χ4n) is 3.53. The lowest BCUT2D eigenvalue weighted by atomic mass is 9.86. The standard InChI is InChI=1S/C20H25F3N2O3/c1-18(2,3)28-17(26)25-12-15(11-24)10-19(25,13-27-4)9-14-5-7-16(8-6-14)20(21,22)23/h5-8,15H,9-10,12-13H2,1-4H3/t15-,19+/m1/s1. The van der Waals surface area contributed by atoms with E-state index in [2.05, 4.69) is 6.07 Å². The molecular formula is C20H25F3N2O3. The van der Waals surface area contributed by atoms with Crippen LogP contribution in [0.2, 0.25) is 0 Å². The number of likely N-dealkylation sites (tertiary alicyclic amines) is 1. The molecule has 0 aliphatic carbocycles. The van der Waals surface area contributed by atoms with Gasteiger partial charge in [-0.1, -0.05) is 12.1 Å². The predicted octanol–water partition coefficient (Wildman–Crippen LogP) is 4.41. The van der Waals surface area contributed by atoms with Crippen molar-refractivity contribution in [3.63, 3.8) is 0 Å². The summed E-state index contributed by atoms with van der Waals surface area (Å²) in [6, 6.07) is 7.01. The number of carbonyl (C=O) groups excluding carboxylic acids is 1. The van der Waals surface area contributed by atoms with Gasteiger partial charge in [0.15, 0.2) is 0 Å². The molecule has 2 atom stereocenters. The van der Waals surface area contributed by atoms with E-state index in [1.807, 2.05) is 0 Å². The molecule has 0 spiro atoms. The summed E-state index contributed by atoms with van der Waals surface area (Å²) < 4.78 is 49.3. The van der Waals surface area contributed by atoms with E-state index in [1.165, 1.54) is 24.1 Å². The average molecular weight is 398 g/mol. The second-order valence-electron chi connectivity index (χ2n) is 8.15. The number of methoxy groups -OCH3 is 1. The largest absolute Gasteiger partial charge is 0.444 e. The predicted molar refractivity (Wildman–Crippen MR) is 96.4 cm³/mol. The van der Waals surface area contributed by atoms with Gasteiger partial charge in [-0.05, 0) is 51.3 Å². The lowest BCUT2D eigenvalue weighted by Crippen LogP contribution is -2.53. The summed E-state index contributed by atoms with van der Waals surface area (Å²) in [5.74, 6) is -0.405. The number of benzene rings is 1. The third-order valence-corrected chi connectivity index (χ3v) is 4.63. The number of carbonyl (C=O) groups is 1. The van der Waals surface area contributed by atoms with Gasteiger partial charge in [0, 0.05) is 13.7 Å². The molecule has 0 unspecified atom stereocenters. The number of ether oxygens (including phenoxy) is 2. The van der Waals surface area contributed by atoms with Crippen molar-refractivity contribution in [2.75, 3.05) is 20.3 Å². The number of alkyl halides is 3. The lowest BCUT2D eigenvalue weighted by molar-refractivity contribution is -0.137. The SMILES string of the molecule is COC[C@]1(Cc2ccc(C(F)(F)F)cc2)C[C@H](C#N)CN1C(=O)OC(C)(C)C. The van der Waals surface area contributed by atoms with Crippen molar-refractivity contribution >= 4 is 6.09 Å². The zero-order valence-electron chi connectivity index (χ0n) is 16.5. The fraction of sp³-hybridized carbons (Fsp3) is 0.600. The van der Waals surface area contributed by atoms with Gasteiger partial charge in [0.05, 0.1) is 29.7 Å². The van der Waals surface area contributed by atoms with Crippen LogP contribution < -0.4 is 0 Å². The maximum absolute atomic E-state index is 12.8. The van der Waals surface area contributed by atoms with Crippen LogP contribution in [0.3, 0.4) is 0 Å². The van der Waals surface area contributed by atoms with E-state index in [-0.39, 0.29) is 19.6 Å². The molecule has 0 N–H and O–H groups in total. The Morgan fingerprint density at radius 1 is 1.29 bits per heavy atom. The highest BCUT2D eigenvalue weighted by molar-refractivity contribution is 5.70. The topological polar surface area (TPSA) is 62.6 Å². The van der Waals surface area contributed by atoms with Gasteiger partial charge in [-0.15, -0.1) is 0 Å². The smallest absolute Gasteiger partial charge is 0.416 e. The Hall–Kier alpha value is -2.27. The van der Waals surface area contributed by atoms with E-state index in [4.69, 9.17) is 9.47 Å². The number of hydrogen-bond donors (Lipinski definition) is 0. The Balaban J connectivity index is 2.34. The minimum Gasteiger partial charge on any atom is -0.444 e. The van der Waals surface area contributed by atoms with Crippen molar-refractivity contribution in [2.24, 2.45) is 5.92 Å². The van der Waals surface area contributed by atoms with Crippen LogP contribution in [-0.4, -0.2) is 42.4 Å². The molecule has 5 nitrogen and oxygen atoms in total. The van der Waals surface area contributed by atoms with Gasteiger partial charge in [-0.2, -0.15) is 18.4 Å². The molecule has 0 saturated carbocycles. The van der Waals surface area contributed by atoms with Gasteiger partial charge >= 0.3 is 12.3 Å². The summed E-state index contributed by atoms with van der Waals surface area (Å²) in [4.78, 5) is 14.3. The molecule has 28 heavy (non-hydrogen) atoms. The van der Waals surface area contributed by atoms with Crippen LogP contribution in [0.1, 0.15) is 38.3 Å². The Morgan fingerprint density at radius 2 is 1.89 bits per heavy atom. The zero-order valence-corrected chi connectivity index (χ0v) is 16.5. The summed E-state index contributed by atoms with van der Waals surface area (Å²) in [6.45, 7) is 5.57. The molecule has 1 fully saturated rings. The molecule has 1 saturated heterocycles. The van der Waals surface area contributed by atoms with E-state index >= 15 is 0 Å². The van der Waals surface area contributed by atoms with Crippen molar-refractivity contribution in [2.45, 2.75) is 50.9 Å². The summed E-state index contributed by atoms with van der Waals surface area (Å²) in [5, 5.41) is 9.40. The molecule has 0 radical (unpaired) electrons. The van der Waals surface area contributed by atoms with Crippen molar-refractivity contribution < 1.29 is 27.4 Å². The van der Waals surface area contributed by atoms with Crippen LogP contribution in [-0.2, 0) is 22.1 Å². The van der Waals surface area contributed by atoms with Crippen LogP contribution in [0, 0.1) is 17.2 Å². The first kappa shape index (κ1) is 22.0. The Bertz CT molecular complexity index is 735. The van der Waals surface area contributed by atoms with E-state index in [9.17, 15) is 23.2 Å². The van der Waals surface area contributed by atoms with E-state index in [0.717, 1.165) is 12.1 Å². The number of nitriles is 1. The van der Waals surface area contributed by atoms with Crippen LogP contribution >= 0.6 is 0 Å². The molecule has 1 amide bonds. The van der Waals surface area contributed by atoms with Crippen LogP contribution in [0.25, 0.3) is 0 Å². The first-order valence-electron chi connectivity index (χ1n) is 8.95. The Morgan fingerprint density at radius 3 is 2.36 bits per heavy atom. The highest BCUT2D eigenvalue weighted by Gasteiger charge is 2.49. The summed E-state index contributed by atoms with van der Waals surface area (Å²) >= 11 is 0. The third kappa shape index (κ3) is 5.16. The van der Waals surface area contributed by atoms with Gasteiger partial charge in [-0.25, -0.2) is 4.79 Å². The number of amides is 1. The molecule has 154 valence electrons. The molecule has 1 heterocycles. The summed E-state index contributed by atoms with van der Waals surface area (Å²) in [7, 11) is 1.49. The molecule has 1 aromatic rings. The van der Waals surface area contributed by atoms with Gasteiger partial charge in [-0.3, -0.25) is 4.90 Å². The van der Waals surface area contributed by atoms with Crippen molar-refractivity contribution in [3.8, 4) is 6.07 Å². The maximum Gasteiger partial charge on any atom is 0.416 e. The second-order valence-corrected chi connectivity index (χ2v) is 8.15. The highest BCUT2D eigenvalue weighted by Crippen LogP contribution is 2.38. The normalized spacial score (nSPS) is 22.8. The number of nitrogens with zero attached hydrogens (tertiary/aromatic N) is 2. The second kappa shape index (κ2) is 8.00. The number of rotatable bonds is 4. The van der Waals surface area contributed by atoms with E-state index in [1.54, 1.807) is 20.8 Å². The van der Waals surface area contributed by atoms with Gasteiger partial charge in [0.2, 0.25) is 0 Å². The Labute approximate surface area is 163 Å². The van der Waals surface area contributed by atoms with Gasteiger partial charge in [0.1, 0.15) is 5.60 Å². The van der Waals surface area contributed by atoms with E-state index in [0.29, 0.717) is 12.0 Å². The Kier molecular flexibility index (Phi) is 6.29. The molecule has 1 aliphatic rings. The molecule has 0 bridgehead atoms. The minimum atomic E-state index is -4.41. The van der Waals surface area contributed by atoms with Gasteiger partial charge in [0.25, 0.3) is 0 Å². The first-order valence-corrected chi connectivity index (χ1v) is 8.95. The van der Waals surface area contributed by atoms with Gasteiger partial charge < -0.3 is 9.47 Å². The molecular weight excluding hydrogens is 373 g/mol.